The quantitative estimate of drug-likeness (QED) is 0.802. The van der Waals surface area contributed by atoms with Crippen LogP contribution in [0.3, 0.4) is 0 Å². The zero-order chi connectivity index (χ0) is 19.0. The van der Waals surface area contributed by atoms with Crippen molar-refractivity contribution in [2.75, 3.05) is 26.7 Å². The lowest BCUT2D eigenvalue weighted by atomic mass is 9.84. The number of likely N-dealkylation sites (tertiary alicyclic amines) is 1. The van der Waals surface area contributed by atoms with Crippen LogP contribution in [0.1, 0.15) is 44.1 Å². The van der Waals surface area contributed by atoms with Crippen molar-refractivity contribution in [3.8, 4) is 0 Å². The molecule has 1 heterocycles. The van der Waals surface area contributed by atoms with E-state index in [1.165, 1.54) is 5.56 Å². The molecule has 6 heteroatoms. The molecule has 1 aliphatic carbocycles. The van der Waals surface area contributed by atoms with Gasteiger partial charge in [-0.2, -0.15) is 0 Å². The molecule has 1 aromatic rings. The van der Waals surface area contributed by atoms with Crippen LogP contribution in [0.4, 0.5) is 4.79 Å². The van der Waals surface area contributed by atoms with Crippen LogP contribution in [-0.4, -0.2) is 59.3 Å². The van der Waals surface area contributed by atoms with Crippen LogP contribution < -0.4 is 0 Å². The number of rotatable bonds is 4. The second-order valence-electron chi connectivity index (χ2n) is 7.35. The van der Waals surface area contributed by atoms with E-state index < -0.39 is 6.09 Å². The monoisotopic (exact) mass is 362 g/mol. The van der Waals surface area contributed by atoms with E-state index in [1.54, 1.807) is 4.90 Å². The largest absolute Gasteiger partial charge is 0.483 e. The van der Waals surface area contributed by atoms with Gasteiger partial charge >= 0.3 is 6.09 Å². The summed E-state index contributed by atoms with van der Waals surface area (Å²) in [6, 6.07) is 10.3. The highest BCUT2D eigenvalue weighted by Crippen LogP contribution is 2.44. The molecule has 2 N–H and O–H groups in total. The molecule has 26 heavy (non-hydrogen) atoms. The van der Waals surface area contributed by atoms with Crippen molar-refractivity contribution in [3.63, 3.8) is 0 Å². The van der Waals surface area contributed by atoms with Crippen molar-refractivity contribution < 1.29 is 19.8 Å². The van der Waals surface area contributed by atoms with Gasteiger partial charge in [-0.25, -0.2) is 4.79 Å². The summed E-state index contributed by atoms with van der Waals surface area (Å²) in [5.74, 6) is 0.489. The molecule has 3 rings (SSSR count). The third-order valence-electron chi connectivity index (χ3n) is 5.77. The summed E-state index contributed by atoms with van der Waals surface area (Å²) in [5, 5.41) is 16.8. The molecule has 144 valence electrons. The summed E-state index contributed by atoms with van der Waals surface area (Å²) in [6.45, 7) is 2.59. The number of amides is 1. The van der Waals surface area contributed by atoms with Crippen molar-refractivity contribution in [2.45, 2.75) is 44.1 Å². The van der Waals surface area contributed by atoms with E-state index in [-0.39, 0.29) is 12.0 Å². The third kappa shape index (κ3) is 4.75. The molecule has 1 saturated heterocycles. The van der Waals surface area contributed by atoms with E-state index in [0.29, 0.717) is 12.5 Å². The van der Waals surface area contributed by atoms with Gasteiger partial charge in [-0.1, -0.05) is 43.2 Å². The first-order valence-electron chi connectivity index (χ1n) is 9.36. The van der Waals surface area contributed by atoms with Gasteiger partial charge in [0.25, 0.3) is 6.47 Å². The van der Waals surface area contributed by atoms with E-state index in [9.17, 15) is 9.90 Å². The summed E-state index contributed by atoms with van der Waals surface area (Å²) in [6.07, 6.45) is 5.59. The summed E-state index contributed by atoms with van der Waals surface area (Å²) in [4.78, 5) is 24.6. The van der Waals surface area contributed by atoms with E-state index in [0.717, 1.165) is 51.6 Å². The number of benzene rings is 1. The maximum absolute atomic E-state index is 12.1. The Bertz CT molecular complexity index is 564. The maximum Gasteiger partial charge on any atom is 0.408 e. The van der Waals surface area contributed by atoms with Crippen LogP contribution in [0.25, 0.3) is 0 Å². The minimum atomic E-state index is -0.755. The summed E-state index contributed by atoms with van der Waals surface area (Å²) >= 11 is 0. The molecule has 0 unspecified atom stereocenters. The Labute approximate surface area is 155 Å². The summed E-state index contributed by atoms with van der Waals surface area (Å²) < 4.78 is 0. The molecule has 6 nitrogen and oxygen atoms in total. The molecule has 1 aromatic carbocycles. The van der Waals surface area contributed by atoms with Gasteiger partial charge in [0, 0.05) is 6.54 Å². The van der Waals surface area contributed by atoms with E-state index in [4.69, 9.17) is 9.90 Å². The molecular weight excluding hydrogens is 332 g/mol. The summed E-state index contributed by atoms with van der Waals surface area (Å²) in [7, 11) is 2.15. The maximum atomic E-state index is 12.1. The van der Waals surface area contributed by atoms with Crippen LogP contribution in [0, 0.1) is 5.92 Å². The zero-order valence-electron chi connectivity index (χ0n) is 15.5. The van der Waals surface area contributed by atoms with Crippen LogP contribution >= 0.6 is 0 Å². The SMILES string of the molecule is CN1CCC(CN(C(=O)O)C2(c3ccccc3)CCCC2)CC1.O=CO. The van der Waals surface area contributed by atoms with Crippen molar-refractivity contribution in [2.24, 2.45) is 5.92 Å². The normalized spacial score (nSPS) is 20.0. The fourth-order valence-electron chi connectivity index (χ4n) is 4.36. The van der Waals surface area contributed by atoms with Gasteiger partial charge in [0.1, 0.15) is 0 Å². The van der Waals surface area contributed by atoms with E-state index >= 15 is 0 Å². The molecule has 1 aliphatic heterocycles. The molecule has 0 radical (unpaired) electrons. The van der Waals surface area contributed by atoms with Crippen LogP contribution in [0.2, 0.25) is 0 Å². The van der Waals surface area contributed by atoms with Crippen molar-refractivity contribution >= 4 is 12.6 Å². The minimum Gasteiger partial charge on any atom is -0.483 e. The number of hydrogen-bond acceptors (Lipinski definition) is 3. The van der Waals surface area contributed by atoms with E-state index in [2.05, 4.69) is 24.1 Å². The Kier molecular flexibility index (Phi) is 7.45. The molecular formula is C20H30N2O4. The predicted molar refractivity (Wildman–Crippen MR) is 100 cm³/mol. The van der Waals surface area contributed by atoms with Crippen molar-refractivity contribution in [1.29, 1.82) is 0 Å². The first-order valence-corrected chi connectivity index (χ1v) is 9.36. The Balaban J connectivity index is 0.000000758. The standard InChI is InChI=1S/C19H28N2O2.CH2O2/c1-20-13-9-16(10-14-20)15-21(18(22)23)19(11-5-6-12-19)17-7-3-2-4-8-17;2-1-3/h2-4,7-8,16H,5-6,9-15H2,1H3,(H,22,23);1H,(H,2,3). The van der Waals surface area contributed by atoms with Crippen molar-refractivity contribution in [1.82, 2.24) is 9.80 Å². The number of piperidine rings is 1. The molecule has 2 fully saturated rings. The van der Waals surface area contributed by atoms with Gasteiger partial charge in [0.15, 0.2) is 0 Å². The topological polar surface area (TPSA) is 81.1 Å². The van der Waals surface area contributed by atoms with Crippen LogP contribution in [0.5, 0.6) is 0 Å². The van der Waals surface area contributed by atoms with Gasteiger partial charge in [-0.3, -0.25) is 9.69 Å². The Morgan fingerprint density at radius 2 is 1.77 bits per heavy atom. The average Bonchev–Trinajstić information content (AvgIpc) is 3.13. The Morgan fingerprint density at radius 1 is 1.23 bits per heavy atom. The van der Waals surface area contributed by atoms with Crippen LogP contribution in [0.15, 0.2) is 30.3 Å². The molecule has 0 bridgehead atoms. The van der Waals surface area contributed by atoms with E-state index in [1.807, 2.05) is 18.2 Å². The van der Waals surface area contributed by atoms with Gasteiger partial charge < -0.3 is 15.1 Å². The van der Waals surface area contributed by atoms with Gasteiger partial charge in [0.05, 0.1) is 5.54 Å². The molecule has 1 saturated carbocycles. The third-order valence-corrected chi connectivity index (χ3v) is 5.77. The van der Waals surface area contributed by atoms with Crippen molar-refractivity contribution in [3.05, 3.63) is 35.9 Å². The Hall–Kier alpha value is -2.08. The molecule has 1 amide bonds. The molecule has 0 aromatic heterocycles. The van der Waals surface area contributed by atoms with Crippen LogP contribution in [-0.2, 0) is 10.3 Å². The predicted octanol–water partition coefficient (Wildman–Crippen LogP) is 3.48. The lowest BCUT2D eigenvalue weighted by Gasteiger charge is -2.43. The highest BCUT2D eigenvalue weighted by Gasteiger charge is 2.44. The fourth-order valence-corrected chi connectivity index (χ4v) is 4.36. The molecule has 2 aliphatic rings. The second kappa shape index (κ2) is 9.57. The minimum absolute atomic E-state index is 0.250. The molecule has 0 spiro atoms. The van der Waals surface area contributed by atoms with Gasteiger partial charge in [-0.05, 0) is 57.3 Å². The summed E-state index contributed by atoms with van der Waals surface area (Å²) in [5.41, 5.74) is 0.865. The second-order valence-corrected chi connectivity index (χ2v) is 7.35. The average molecular weight is 362 g/mol. The zero-order valence-corrected chi connectivity index (χ0v) is 15.5. The molecule has 0 atom stereocenters. The number of carboxylic acid groups (broad SMARTS) is 2. The number of carbonyl (C=O) groups is 2. The first kappa shape index (κ1) is 20.2. The highest BCUT2D eigenvalue weighted by atomic mass is 16.4. The highest BCUT2D eigenvalue weighted by molar-refractivity contribution is 5.67. The fraction of sp³-hybridized carbons (Fsp3) is 0.600. The lowest BCUT2D eigenvalue weighted by Crippen LogP contribution is -2.50. The van der Waals surface area contributed by atoms with Gasteiger partial charge in [-0.15, -0.1) is 0 Å². The number of hydrogen-bond donors (Lipinski definition) is 2. The van der Waals surface area contributed by atoms with Gasteiger partial charge in [0.2, 0.25) is 0 Å². The lowest BCUT2D eigenvalue weighted by molar-refractivity contribution is -0.122. The number of nitrogens with zero attached hydrogens (tertiary/aromatic N) is 2. The first-order chi connectivity index (χ1) is 12.5. The Morgan fingerprint density at radius 3 is 2.27 bits per heavy atom. The smallest absolute Gasteiger partial charge is 0.408 e.